The van der Waals surface area contributed by atoms with Crippen molar-refractivity contribution in [3.8, 4) is 0 Å². The Balaban J connectivity index is 2.06. The topological polar surface area (TPSA) is 28.7 Å². The number of benzene rings is 1. The number of hydrogen-bond acceptors (Lipinski definition) is 1. The zero-order chi connectivity index (χ0) is 9.38. The van der Waals surface area contributed by atoms with E-state index in [-0.39, 0.29) is 0 Å². The molecule has 2 heteroatoms. The fourth-order valence-electron chi connectivity index (χ4n) is 2.34. The molecule has 1 aliphatic carbocycles. The molecule has 0 saturated heterocycles. The molecule has 1 aromatic carbocycles. The van der Waals surface area contributed by atoms with Gasteiger partial charge in [0.15, 0.2) is 0 Å². The number of nitrogens with one attached hydrogen (secondary N) is 1. The molecular weight excluding hydrogens is 172 g/mol. The van der Waals surface area contributed by atoms with Gasteiger partial charge in [-0.15, -0.1) is 0 Å². The van der Waals surface area contributed by atoms with E-state index in [1.165, 1.54) is 29.7 Å². The van der Waals surface area contributed by atoms with Gasteiger partial charge < -0.3 is 0 Å². The summed E-state index contributed by atoms with van der Waals surface area (Å²) in [5.74, 6) is 0.536. The molecule has 0 aliphatic heterocycles. The van der Waals surface area contributed by atoms with E-state index >= 15 is 0 Å². The van der Waals surface area contributed by atoms with E-state index in [0.717, 1.165) is 0 Å². The van der Waals surface area contributed by atoms with Gasteiger partial charge in [-0.3, -0.25) is 5.10 Å². The molecule has 14 heavy (non-hydrogen) atoms. The summed E-state index contributed by atoms with van der Waals surface area (Å²) in [7, 11) is 0. The van der Waals surface area contributed by atoms with Crippen LogP contribution in [0.3, 0.4) is 0 Å². The Morgan fingerprint density at radius 3 is 3.00 bits per heavy atom. The average Bonchev–Trinajstić information content (AvgIpc) is 2.85. The molecule has 1 unspecified atom stereocenters. The molecule has 2 aromatic rings. The van der Waals surface area contributed by atoms with Crippen LogP contribution in [0.1, 0.15) is 29.2 Å². The molecular formula is C12H12N2. The number of hydrogen-bond donors (Lipinski definition) is 1. The molecule has 1 aromatic heterocycles. The van der Waals surface area contributed by atoms with Crippen LogP contribution in [0.15, 0.2) is 36.5 Å². The third kappa shape index (κ3) is 1.07. The minimum atomic E-state index is 0.536. The van der Waals surface area contributed by atoms with E-state index in [4.69, 9.17) is 0 Å². The molecule has 1 N–H and O–H groups in total. The third-order valence-electron chi connectivity index (χ3n) is 3.03. The van der Waals surface area contributed by atoms with Crippen molar-refractivity contribution in [2.24, 2.45) is 0 Å². The van der Waals surface area contributed by atoms with Crippen LogP contribution in [0.4, 0.5) is 0 Å². The molecule has 1 aliphatic rings. The highest BCUT2D eigenvalue weighted by Crippen LogP contribution is 2.36. The Kier molecular flexibility index (Phi) is 1.66. The van der Waals surface area contributed by atoms with Crippen molar-refractivity contribution in [3.63, 3.8) is 0 Å². The van der Waals surface area contributed by atoms with E-state index in [0.29, 0.717) is 5.92 Å². The summed E-state index contributed by atoms with van der Waals surface area (Å²) in [6.07, 6.45) is 4.23. The first-order valence-electron chi connectivity index (χ1n) is 5.02. The maximum absolute atomic E-state index is 4.01. The Morgan fingerprint density at radius 2 is 2.14 bits per heavy atom. The Bertz CT molecular complexity index is 431. The minimum absolute atomic E-state index is 0.536. The van der Waals surface area contributed by atoms with Gasteiger partial charge in [-0.1, -0.05) is 24.3 Å². The molecule has 2 nitrogen and oxygen atoms in total. The lowest BCUT2D eigenvalue weighted by molar-refractivity contribution is 0.755. The summed E-state index contributed by atoms with van der Waals surface area (Å²) in [5, 5.41) is 7.08. The second kappa shape index (κ2) is 2.98. The first-order chi connectivity index (χ1) is 6.95. The highest BCUT2D eigenvalue weighted by atomic mass is 15.1. The minimum Gasteiger partial charge on any atom is -0.282 e. The van der Waals surface area contributed by atoms with Gasteiger partial charge in [-0.25, -0.2) is 0 Å². The van der Waals surface area contributed by atoms with E-state index in [9.17, 15) is 0 Å². The maximum Gasteiger partial charge on any atom is 0.0490 e. The highest BCUT2D eigenvalue weighted by molar-refractivity contribution is 5.39. The second-order valence-electron chi connectivity index (χ2n) is 3.80. The second-order valence-corrected chi connectivity index (χ2v) is 3.80. The Hall–Kier alpha value is -1.57. The van der Waals surface area contributed by atoms with Gasteiger partial charge >= 0.3 is 0 Å². The number of nitrogens with zero attached hydrogens (tertiary/aromatic N) is 1. The summed E-state index contributed by atoms with van der Waals surface area (Å²) in [6, 6.07) is 10.8. The maximum atomic E-state index is 4.01. The number of aromatic amines is 1. The lowest BCUT2D eigenvalue weighted by Crippen LogP contribution is -1.96. The molecule has 70 valence electrons. The fourth-order valence-corrected chi connectivity index (χ4v) is 2.34. The van der Waals surface area contributed by atoms with Crippen molar-refractivity contribution < 1.29 is 0 Å². The van der Waals surface area contributed by atoms with Crippen molar-refractivity contribution in [3.05, 3.63) is 53.3 Å². The normalized spacial score (nSPS) is 19.6. The molecule has 1 atom stereocenters. The molecule has 0 spiro atoms. The average molecular weight is 184 g/mol. The molecule has 0 bridgehead atoms. The van der Waals surface area contributed by atoms with Crippen LogP contribution in [0.25, 0.3) is 0 Å². The lowest BCUT2D eigenvalue weighted by atomic mass is 9.98. The smallest absolute Gasteiger partial charge is 0.0490 e. The zero-order valence-corrected chi connectivity index (χ0v) is 7.90. The van der Waals surface area contributed by atoms with E-state index in [2.05, 4.69) is 40.5 Å². The molecule has 0 fully saturated rings. The van der Waals surface area contributed by atoms with Crippen molar-refractivity contribution in [1.82, 2.24) is 10.2 Å². The molecule has 3 rings (SSSR count). The Labute approximate surface area is 83.0 Å². The van der Waals surface area contributed by atoms with Gasteiger partial charge in [0, 0.05) is 17.8 Å². The molecule has 0 saturated carbocycles. The van der Waals surface area contributed by atoms with Crippen LogP contribution in [-0.2, 0) is 6.42 Å². The first-order valence-corrected chi connectivity index (χ1v) is 5.02. The summed E-state index contributed by atoms with van der Waals surface area (Å²) in [6.45, 7) is 0. The van der Waals surface area contributed by atoms with Crippen LogP contribution in [0.5, 0.6) is 0 Å². The van der Waals surface area contributed by atoms with Crippen molar-refractivity contribution in [1.29, 1.82) is 0 Å². The van der Waals surface area contributed by atoms with Gasteiger partial charge in [-0.05, 0) is 30.0 Å². The monoisotopic (exact) mass is 184 g/mol. The predicted octanol–water partition coefficient (Wildman–Crippen LogP) is 2.49. The van der Waals surface area contributed by atoms with E-state index in [1.807, 2.05) is 6.20 Å². The number of fused-ring (bicyclic) bond motifs is 1. The van der Waals surface area contributed by atoms with Crippen LogP contribution in [0.2, 0.25) is 0 Å². The molecule has 1 heterocycles. The molecule has 0 amide bonds. The van der Waals surface area contributed by atoms with Crippen LogP contribution in [-0.4, -0.2) is 10.2 Å². The van der Waals surface area contributed by atoms with Gasteiger partial charge in [-0.2, -0.15) is 5.10 Å². The lowest BCUT2D eigenvalue weighted by Gasteiger charge is -2.08. The summed E-state index contributed by atoms with van der Waals surface area (Å²) in [5.41, 5.74) is 4.21. The molecule has 0 radical (unpaired) electrons. The standard InChI is InChI=1S/C12H12N2/c1-2-4-10-9(3-1)5-6-11(10)12-7-8-13-14-12/h1-4,7-8,11H,5-6H2,(H,13,14). The Morgan fingerprint density at radius 1 is 1.21 bits per heavy atom. The summed E-state index contributed by atoms with van der Waals surface area (Å²) < 4.78 is 0. The first kappa shape index (κ1) is 7.80. The third-order valence-corrected chi connectivity index (χ3v) is 3.03. The summed E-state index contributed by atoms with van der Waals surface area (Å²) in [4.78, 5) is 0. The SMILES string of the molecule is c1ccc2c(c1)CCC2c1ccn[nH]1. The van der Waals surface area contributed by atoms with Crippen LogP contribution >= 0.6 is 0 Å². The van der Waals surface area contributed by atoms with Gasteiger partial charge in [0.05, 0.1) is 0 Å². The number of rotatable bonds is 1. The highest BCUT2D eigenvalue weighted by Gasteiger charge is 2.23. The van der Waals surface area contributed by atoms with Crippen molar-refractivity contribution >= 4 is 0 Å². The van der Waals surface area contributed by atoms with Crippen molar-refractivity contribution in [2.45, 2.75) is 18.8 Å². The quantitative estimate of drug-likeness (QED) is 0.724. The number of H-pyrrole nitrogens is 1. The van der Waals surface area contributed by atoms with Gasteiger partial charge in [0.2, 0.25) is 0 Å². The van der Waals surface area contributed by atoms with Crippen molar-refractivity contribution in [2.75, 3.05) is 0 Å². The number of aryl methyl sites for hydroxylation is 1. The predicted molar refractivity (Wildman–Crippen MR) is 55.2 cm³/mol. The fraction of sp³-hybridized carbons (Fsp3) is 0.250. The largest absolute Gasteiger partial charge is 0.282 e. The van der Waals surface area contributed by atoms with E-state index < -0.39 is 0 Å². The van der Waals surface area contributed by atoms with Crippen LogP contribution in [0, 0.1) is 0 Å². The van der Waals surface area contributed by atoms with E-state index in [1.54, 1.807) is 0 Å². The number of aromatic nitrogens is 2. The van der Waals surface area contributed by atoms with Gasteiger partial charge in [0.25, 0.3) is 0 Å². The van der Waals surface area contributed by atoms with Gasteiger partial charge in [0.1, 0.15) is 0 Å². The van der Waals surface area contributed by atoms with Crippen LogP contribution < -0.4 is 0 Å². The zero-order valence-electron chi connectivity index (χ0n) is 7.90. The summed E-state index contributed by atoms with van der Waals surface area (Å²) >= 11 is 0.